The maximum atomic E-state index is 8.86. The molecule has 1 aliphatic rings. The Bertz CT molecular complexity index is 502. The Balaban J connectivity index is 1.96. The zero-order chi connectivity index (χ0) is 14.0. The highest BCUT2D eigenvalue weighted by Gasteiger charge is 2.48. The lowest BCUT2D eigenvalue weighted by Gasteiger charge is -2.51. The van der Waals surface area contributed by atoms with Gasteiger partial charge in [0.1, 0.15) is 0 Å². The largest absolute Gasteiger partial charge is 0.381 e. The summed E-state index contributed by atoms with van der Waals surface area (Å²) in [5.74, 6) is 0. The number of aryl methyl sites for hydroxylation is 1. The number of hydrogen-bond donors (Lipinski definition) is 1. The van der Waals surface area contributed by atoms with Crippen LogP contribution in [0.5, 0.6) is 0 Å². The molecule has 2 atom stereocenters. The summed E-state index contributed by atoms with van der Waals surface area (Å²) in [4.78, 5) is 0. The smallest absolute Gasteiger partial charge is 0.0991 e. The summed E-state index contributed by atoms with van der Waals surface area (Å²) in [5.41, 5.74) is 3.35. The Morgan fingerprint density at radius 2 is 2.21 bits per heavy atom. The summed E-state index contributed by atoms with van der Waals surface area (Å²) < 4.78 is 5.46. The molecule has 0 bridgehead atoms. The van der Waals surface area contributed by atoms with Crippen LogP contribution in [-0.2, 0) is 11.3 Å². The molecule has 0 radical (unpaired) electrons. The van der Waals surface area contributed by atoms with Gasteiger partial charge in [-0.15, -0.1) is 0 Å². The summed E-state index contributed by atoms with van der Waals surface area (Å²) in [6.45, 7) is 7.39. The lowest BCUT2D eigenvalue weighted by Crippen LogP contribution is -2.60. The molecule has 1 aromatic rings. The number of nitrogens with one attached hydrogen (secondary N) is 1. The molecule has 1 saturated carbocycles. The van der Waals surface area contributed by atoms with Crippen LogP contribution in [0.1, 0.15) is 37.0 Å². The summed E-state index contributed by atoms with van der Waals surface area (Å²) in [5, 5.41) is 12.5. The molecule has 0 saturated heterocycles. The number of ether oxygens (including phenoxy) is 1. The fourth-order valence-electron chi connectivity index (χ4n) is 2.83. The Morgan fingerprint density at radius 3 is 2.74 bits per heavy atom. The average Bonchev–Trinajstić information content (AvgIpc) is 2.39. The highest BCUT2D eigenvalue weighted by Crippen LogP contribution is 2.42. The van der Waals surface area contributed by atoms with E-state index < -0.39 is 0 Å². The van der Waals surface area contributed by atoms with E-state index >= 15 is 0 Å². The zero-order valence-corrected chi connectivity index (χ0v) is 12.2. The van der Waals surface area contributed by atoms with Crippen LogP contribution in [0.25, 0.3) is 0 Å². The molecule has 2 rings (SSSR count). The fraction of sp³-hybridized carbons (Fsp3) is 0.562. The molecular formula is C16H22N2O. The van der Waals surface area contributed by atoms with E-state index in [2.05, 4.69) is 32.2 Å². The van der Waals surface area contributed by atoms with E-state index in [1.54, 1.807) is 7.11 Å². The molecule has 1 aliphatic carbocycles. The van der Waals surface area contributed by atoms with Gasteiger partial charge in [-0.3, -0.25) is 0 Å². The fourth-order valence-corrected chi connectivity index (χ4v) is 2.83. The van der Waals surface area contributed by atoms with Gasteiger partial charge in [0.25, 0.3) is 0 Å². The normalized spacial score (nSPS) is 24.6. The van der Waals surface area contributed by atoms with Crippen molar-refractivity contribution >= 4 is 0 Å². The standard InChI is InChI=1S/C16H22N2O/c1-11-7-12(9-17)5-6-13(11)10-18-14-8-15(19-4)16(14,2)3/h5-7,14-15,18H,8,10H2,1-4H3. The molecule has 1 fully saturated rings. The molecule has 2 unspecified atom stereocenters. The minimum Gasteiger partial charge on any atom is -0.381 e. The SMILES string of the molecule is COC1CC(NCc2ccc(C#N)cc2C)C1(C)C. The van der Waals surface area contributed by atoms with Crippen molar-refractivity contribution in [3.8, 4) is 6.07 Å². The quantitative estimate of drug-likeness (QED) is 0.903. The van der Waals surface area contributed by atoms with Gasteiger partial charge >= 0.3 is 0 Å². The summed E-state index contributed by atoms with van der Waals surface area (Å²) in [6.07, 6.45) is 1.42. The lowest BCUT2D eigenvalue weighted by atomic mass is 9.64. The van der Waals surface area contributed by atoms with Crippen molar-refractivity contribution in [2.24, 2.45) is 5.41 Å². The molecule has 3 heteroatoms. The first-order valence-electron chi connectivity index (χ1n) is 6.75. The van der Waals surface area contributed by atoms with Gasteiger partial charge in [0, 0.05) is 25.1 Å². The van der Waals surface area contributed by atoms with E-state index in [0.29, 0.717) is 12.1 Å². The van der Waals surface area contributed by atoms with Gasteiger partial charge < -0.3 is 10.1 Å². The van der Waals surface area contributed by atoms with Crippen molar-refractivity contribution in [1.29, 1.82) is 5.26 Å². The second kappa shape index (κ2) is 5.32. The average molecular weight is 258 g/mol. The first kappa shape index (κ1) is 14.0. The molecule has 0 heterocycles. The summed E-state index contributed by atoms with van der Waals surface area (Å²) >= 11 is 0. The van der Waals surface area contributed by atoms with Crippen LogP contribution in [0, 0.1) is 23.7 Å². The highest BCUT2D eigenvalue weighted by atomic mass is 16.5. The minimum absolute atomic E-state index is 0.190. The first-order valence-corrected chi connectivity index (χ1v) is 6.75. The number of methoxy groups -OCH3 is 1. The van der Waals surface area contributed by atoms with Crippen molar-refractivity contribution in [3.05, 3.63) is 34.9 Å². The zero-order valence-electron chi connectivity index (χ0n) is 12.2. The Labute approximate surface area is 115 Å². The Morgan fingerprint density at radius 1 is 1.47 bits per heavy atom. The molecule has 19 heavy (non-hydrogen) atoms. The number of nitriles is 1. The maximum absolute atomic E-state index is 8.86. The number of benzene rings is 1. The van der Waals surface area contributed by atoms with E-state index in [0.717, 1.165) is 18.5 Å². The monoisotopic (exact) mass is 258 g/mol. The van der Waals surface area contributed by atoms with Crippen LogP contribution in [0.3, 0.4) is 0 Å². The van der Waals surface area contributed by atoms with E-state index in [1.165, 1.54) is 11.1 Å². The molecule has 102 valence electrons. The van der Waals surface area contributed by atoms with Crippen molar-refractivity contribution < 1.29 is 4.74 Å². The molecular weight excluding hydrogens is 236 g/mol. The van der Waals surface area contributed by atoms with Crippen molar-refractivity contribution in [1.82, 2.24) is 5.32 Å². The van der Waals surface area contributed by atoms with Gasteiger partial charge in [-0.2, -0.15) is 5.26 Å². The van der Waals surface area contributed by atoms with Crippen LogP contribution in [0.4, 0.5) is 0 Å². The van der Waals surface area contributed by atoms with Gasteiger partial charge in [-0.25, -0.2) is 0 Å². The van der Waals surface area contributed by atoms with Crippen molar-refractivity contribution in [2.75, 3.05) is 7.11 Å². The lowest BCUT2D eigenvalue weighted by molar-refractivity contribution is -0.0979. The third-order valence-corrected chi connectivity index (χ3v) is 4.47. The van der Waals surface area contributed by atoms with Gasteiger partial charge in [0.2, 0.25) is 0 Å². The molecule has 1 aromatic carbocycles. The van der Waals surface area contributed by atoms with Crippen LogP contribution >= 0.6 is 0 Å². The third kappa shape index (κ3) is 2.65. The highest BCUT2D eigenvalue weighted by molar-refractivity contribution is 5.37. The van der Waals surface area contributed by atoms with Crippen LogP contribution in [-0.4, -0.2) is 19.3 Å². The van der Waals surface area contributed by atoms with Gasteiger partial charge in [0.05, 0.1) is 17.7 Å². The van der Waals surface area contributed by atoms with Gasteiger partial charge in [0.15, 0.2) is 0 Å². The summed E-state index contributed by atoms with van der Waals surface area (Å²) in [7, 11) is 1.79. The number of rotatable bonds is 4. The van der Waals surface area contributed by atoms with Crippen LogP contribution < -0.4 is 5.32 Å². The van der Waals surface area contributed by atoms with E-state index in [1.807, 2.05) is 18.2 Å². The van der Waals surface area contributed by atoms with Gasteiger partial charge in [-0.1, -0.05) is 19.9 Å². The number of hydrogen-bond acceptors (Lipinski definition) is 3. The predicted octanol–water partition coefficient (Wildman–Crippen LogP) is 2.77. The van der Waals surface area contributed by atoms with E-state index in [-0.39, 0.29) is 5.41 Å². The van der Waals surface area contributed by atoms with Crippen molar-refractivity contribution in [2.45, 2.75) is 45.9 Å². The van der Waals surface area contributed by atoms with Crippen molar-refractivity contribution in [3.63, 3.8) is 0 Å². The Hall–Kier alpha value is -1.37. The number of nitrogens with zero attached hydrogens (tertiary/aromatic N) is 1. The van der Waals surface area contributed by atoms with E-state index in [9.17, 15) is 0 Å². The van der Waals surface area contributed by atoms with Crippen LogP contribution in [0.2, 0.25) is 0 Å². The van der Waals surface area contributed by atoms with Gasteiger partial charge in [-0.05, 0) is 36.6 Å². The van der Waals surface area contributed by atoms with E-state index in [4.69, 9.17) is 10.00 Å². The first-order chi connectivity index (χ1) is 8.98. The predicted molar refractivity (Wildman–Crippen MR) is 75.7 cm³/mol. The molecule has 0 amide bonds. The molecule has 0 aromatic heterocycles. The third-order valence-electron chi connectivity index (χ3n) is 4.47. The molecule has 1 N–H and O–H groups in total. The second-order valence-corrected chi connectivity index (χ2v) is 5.97. The Kier molecular flexibility index (Phi) is 3.93. The minimum atomic E-state index is 0.190. The summed E-state index contributed by atoms with van der Waals surface area (Å²) in [6, 6.07) is 8.53. The topological polar surface area (TPSA) is 45.0 Å². The molecule has 0 spiro atoms. The maximum Gasteiger partial charge on any atom is 0.0991 e. The van der Waals surface area contributed by atoms with Crippen LogP contribution in [0.15, 0.2) is 18.2 Å². The second-order valence-electron chi connectivity index (χ2n) is 5.97. The molecule has 0 aliphatic heterocycles. The molecule has 3 nitrogen and oxygen atoms in total.